The summed E-state index contributed by atoms with van der Waals surface area (Å²) in [4.78, 5) is 8.15. The number of hydrogen-bond acceptors (Lipinski definition) is 8. The van der Waals surface area contributed by atoms with E-state index in [9.17, 15) is 0 Å². The van der Waals surface area contributed by atoms with Crippen LogP contribution in [0.5, 0.6) is 0 Å². The van der Waals surface area contributed by atoms with Crippen molar-refractivity contribution in [2.75, 3.05) is 0 Å². The van der Waals surface area contributed by atoms with Crippen LogP contribution in [0.3, 0.4) is 0 Å². The lowest BCUT2D eigenvalue weighted by atomic mass is 9.98. The molecule has 0 radical (unpaired) electrons. The molecule has 0 N–H and O–H groups in total. The largest absolute Gasteiger partial charge is 0.248 e. The van der Waals surface area contributed by atoms with Crippen LogP contribution in [-0.4, -0.2) is 59.5 Å². The Morgan fingerprint density at radius 1 is 0.522 bits per heavy atom. The van der Waals surface area contributed by atoms with Gasteiger partial charge in [0.1, 0.15) is 48.4 Å². The second kappa shape index (κ2) is 12.5. The van der Waals surface area contributed by atoms with E-state index in [1.165, 1.54) is 12.7 Å². The number of nitrogens with zero attached hydrogens (tertiary/aromatic N) is 12. The summed E-state index contributed by atoms with van der Waals surface area (Å²) in [5, 5.41) is 26.5. The first-order valence-corrected chi connectivity index (χ1v) is 15.0. The van der Waals surface area contributed by atoms with Crippen molar-refractivity contribution >= 4 is 45.3 Å². The zero-order valence-electron chi connectivity index (χ0n) is 24.7. The van der Waals surface area contributed by atoms with Crippen LogP contribution >= 0.6 is 23.2 Å². The summed E-state index contributed by atoms with van der Waals surface area (Å²) in [5.41, 5.74) is 7.97. The molecule has 2 atom stereocenters. The topological polar surface area (TPSA) is 123 Å². The van der Waals surface area contributed by atoms with Crippen LogP contribution in [0.25, 0.3) is 22.1 Å². The molecule has 4 aromatic carbocycles. The van der Waals surface area contributed by atoms with Crippen LogP contribution in [0.15, 0.2) is 110 Å². The van der Waals surface area contributed by atoms with E-state index in [1.54, 1.807) is 22.0 Å². The fraction of sp³-hybridized carbons (Fsp3) is 0.125. The Hall–Kier alpha value is -5.46. The summed E-state index contributed by atoms with van der Waals surface area (Å²) in [5.74, 6) is 0. The van der Waals surface area contributed by atoms with Gasteiger partial charge in [-0.1, -0.05) is 70.0 Å². The monoisotopic (exact) mass is 646 g/mol. The van der Waals surface area contributed by atoms with Crippen LogP contribution in [0, 0.1) is 0 Å². The van der Waals surface area contributed by atoms with Crippen LogP contribution in [0.2, 0.25) is 10.0 Å². The highest BCUT2D eigenvalue weighted by Crippen LogP contribution is 2.30. The van der Waals surface area contributed by atoms with Gasteiger partial charge in [0, 0.05) is 24.1 Å². The van der Waals surface area contributed by atoms with Crippen molar-refractivity contribution in [1.82, 2.24) is 59.5 Å². The zero-order valence-corrected chi connectivity index (χ0v) is 26.2. The first-order valence-electron chi connectivity index (χ1n) is 14.2. The molecule has 0 spiro atoms. The summed E-state index contributed by atoms with van der Waals surface area (Å²) >= 11 is 12.0. The summed E-state index contributed by atoms with van der Waals surface area (Å²) in [6, 6.07) is 27.5. The number of hydrogen-bond donors (Lipinski definition) is 0. The normalized spacial score (nSPS) is 12.6. The smallest absolute Gasteiger partial charge is 0.137 e. The Balaban J connectivity index is 0.000000147. The molecule has 12 nitrogen and oxygen atoms in total. The molecule has 0 fully saturated rings. The van der Waals surface area contributed by atoms with Crippen molar-refractivity contribution in [3.05, 3.63) is 143 Å². The van der Waals surface area contributed by atoms with E-state index < -0.39 is 0 Å². The maximum absolute atomic E-state index is 6.02. The maximum atomic E-state index is 6.02. The quantitative estimate of drug-likeness (QED) is 0.225. The minimum atomic E-state index is -0.0961. The lowest BCUT2D eigenvalue weighted by Gasteiger charge is -2.18. The van der Waals surface area contributed by atoms with E-state index in [1.807, 2.05) is 96.3 Å². The Morgan fingerprint density at radius 3 is 1.54 bits per heavy atom. The molecule has 0 saturated carbocycles. The fourth-order valence-electron chi connectivity index (χ4n) is 5.43. The fourth-order valence-corrected chi connectivity index (χ4v) is 5.68. The van der Waals surface area contributed by atoms with E-state index in [0.29, 0.717) is 10.0 Å². The standard InChI is InChI=1S/2C16H13ClN6/c1-22-15-7-4-12(8-14(15)20-21-22)16(23-10-18-9-19-23)11-2-5-13(17)6-3-11;1-22-15-8-12(4-7-14(15)20-21-22)16(23-10-18-9-19-23)11-2-5-13(17)6-3-11/h2*2-10,16H,1H3/t2*16-/m11/s1/i2*1-1. The van der Waals surface area contributed by atoms with Gasteiger partial charge in [0.05, 0.1) is 11.0 Å². The van der Waals surface area contributed by atoms with E-state index in [0.717, 1.165) is 44.3 Å². The van der Waals surface area contributed by atoms with Crippen LogP contribution in [0.1, 0.15) is 34.3 Å². The molecule has 0 aliphatic carbocycles. The Labute approximate surface area is 272 Å². The molecule has 14 heteroatoms. The van der Waals surface area contributed by atoms with Crippen molar-refractivity contribution in [1.29, 1.82) is 0 Å². The van der Waals surface area contributed by atoms with Crippen molar-refractivity contribution < 1.29 is 0 Å². The molecule has 0 unspecified atom stereocenters. The molecule has 0 aliphatic heterocycles. The van der Waals surface area contributed by atoms with Crippen LogP contribution in [0.4, 0.5) is 0 Å². The highest BCUT2D eigenvalue weighted by Gasteiger charge is 2.20. The van der Waals surface area contributed by atoms with Gasteiger partial charge >= 0.3 is 0 Å². The first-order chi connectivity index (χ1) is 22.4. The minimum absolute atomic E-state index is 0.0888. The Morgan fingerprint density at radius 2 is 1.00 bits per heavy atom. The summed E-state index contributed by atoms with van der Waals surface area (Å²) in [6.45, 7) is 0. The van der Waals surface area contributed by atoms with Crippen molar-refractivity contribution in [2.45, 2.75) is 12.1 Å². The predicted octanol–water partition coefficient (Wildman–Crippen LogP) is 5.70. The highest BCUT2D eigenvalue weighted by atomic mass is 35.5. The van der Waals surface area contributed by atoms with Gasteiger partial charge in [-0.25, -0.2) is 28.7 Å². The van der Waals surface area contributed by atoms with Gasteiger partial charge in [-0.2, -0.15) is 10.2 Å². The summed E-state index contributed by atoms with van der Waals surface area (Å²) < 4.78 is 7.17. The molecule has 0 amide bonds. The number of aromatic nitrogens is 12. The van der Waals surface area contributed by atoms with Crippen LogP contribution < -0.4 is 0 Å². The second-order valence-electron chi connectivity index (χ2n) is 10.6. The molecule has 0 saturated heterocycles. The van der Waals surface area contributed by atoms with E-state index in [2.05, 4.69) is 52.9 Å². The van der Waals surface area contributed by atoms with Gasteiger partial charge in [-0.3, -0.25) is 0 Å². The SMILES string of the molecule is [11CH3]n1nnc2cc([C@@H](c3ccc(Cl)cc3)n3cncn3)ccc21.[11CH3]n1nnc2ccc([C@@H](c3ccc(Cl)cc3)n3cncn3)cc21. The molecule has 4 heterocycles. The van der Waals surface area contributed by atoms with Gasteiger partial charge in [0.15, 0.2) is 0 Å². The first kappa shape index (κ1) is 29.3. The van der Waals surface area contributed by atoms with Gasteiger partial charge in [-0.15, -0.1) is 10.2 Å². The third kappa shape index (κ3) is 5.83. The van der Waals surface area contributed by atoms with Crippen molar-refractivity contribution in [3.8, 4) is 0 Å². The number of benzene rings is 4. The molecular formula is C32H26Cl2N12. The summed E-state index contributed by atoms with van der Waals surface area (Å²) in [6.07, 6.45) is 6.49. The Bertz CT molecular complexity index is 2200. The number of rotatable bonds is 6. The van der Waals surface area contributed by atoms with Crippen molar-refractivity contribution in [3.63, 3.8) is 0 Å². The zero-order chi connectivity index (χ0) is 31.6. The average Bonchev–Trinajstić information content (AvgIpc) is 3.90. The van der Waals surface area contributed by atoms with E-state index in [-0.39, 0.29) is 12.1 Å². The third-order valence-electron chi connectivity index (χ3n) is 7.67. The van der Waals surface area contributed by atoms with Gasteiger partial charge in [-0.05, 0) is 70.8 Å². The number of fused-ring (bicyclic) bond motifs is 2. The second-order valence-corrected chi connectivity index (χ2v) is 11.5. The number of halogens is 2. The lowest BCUT2D eigenvalue weighted by Crippen LogP contribution is -2.13. The van der Waals surface area contributed by atoms with Gasteiger partial charge in [0.2, 0.25) is 0 Å². The molecule has 228 valence electrons. The van der Waals surface area contributed by atoms with E-state index >= 15 is 0 Å². The van der Waals surface area contributed by atoms with Crippen LogP contribution in [-0.2, 0) is 14.1 Å². The van der Waals surface area contributed by atoms with Gasteiger partial charge in [0.25, 0.3) is 0 Å². The lowest BCUT2D eigenvalue weighted by molar-refractivity contribution is 0.594. The van der Waals surface area contributed by atoms with Gasteiger partial charge < -0.3 is 0 Å². The number of aryl methyl sites for hydroxylation is 2. The highest BCUT2D eigenvalue weighted by molar-refractivity contribution is 6.30. The molecule has 4 aromatic heterocycles. The third-order valence-corrected chi connectivity index (χ3v) is 8.18. The maximum Gasteiger partial charge on any atom is 0.137 e. The molecule has 8 aromatic rings. The summed E-state index contributed by atoms with van der Waals surface area (Å²) in [7, 11) is 3.76. The molecule has 0 bridgehead atoms. The predicted molar refractivity (Wildman–Crippen MR) is 174 cm³/mol. The molecule has 46 heavy (non-hydrogen) atoms. The molecule has 0 aliphatic rings. The average molecular weight is 648 g/mol. The van der Waals surface area contributed by atoms with E-state index in [4.69, 9.17) is 23.2 Å². The molecule has 8 rings (SSSR count). The molecular weight excluding hydrogens is 621 g/mol. The minimum Gasteiger partial charge on any atom is -0.248 e. The Kier molecular flexibility index (Phi) is 7.95. The van der Waals surface area contributed by atoms with Crippen molar-refractivity contribution in [2.24, 2.45) is 14.1 Å².